The number of hydrogen-bond donors (Lipinski definition) is 0. The van der Waals surface area contributed by atoms with Crippen LogP contribution in [0.25, 0.3) is 11.4 Å². The van der Waals surface area contributed by atoms with Crippen LogP contribution in [-0.2, 0) is 6.54 Å². The van der Waals surface area contributed by atoms with E-state index in [4.69, 9.17) is 9.05 Å². The number of nitrogens with zero attached hydrogens (tertiary/aromatic N) is 5. The first kappa shape index (κ1) is 16.8. The number of amides is 1. The number of pyridine rings is 1. The predicted molar refractivity (Wildman–Crippen MR) is 88.7 cm³/mol. The van der Waals surface area contributed by atoms with Gasteiger partial charge in [0.05, 0.1) is 5.69 Å². The molecule has 3 rings (SSSR count). The Labute approximate surface area is 144 Å². The van der Waals surface area contributed by atoms with Crippen molar-refractivity contribution in [2.24, 2.45) is 0 Å². The molecule has 0 saturated carbocycles. The highest BCUT2D eigenvalue weighted by molar-refractivity contribution is 5.96. The minimum atomic E-state index is -0.191. The summed E-state index contributed by atoms with van der Waals surface area (Å²) in [6.07, 6.45) is 3.32. The molecule has 0 unspecified atom stereocenters. The number of carbonyl (C=O) groups excluding carboxylic acids is 1. The van der Waals surface area contributed by atoms with Crippen LogP contribution in [0.1, 0.15) is 47.5 Å². The molecule has 0 atom stereocenters. The molecular formula is C17H19N5O3. The zero-order chi connectivity index (χ0) is 18.0. The minimum Gasteiger partial charge on any atom is -0.360 e. The van der Waals surface area contributed by atoms with Crippen LogP contribution < -0.4 is 0 Å². The molecule has 8 heteroatoms. The maximum atomic E-state index is 12.8. The quantitative estimate of drug-likeness (QED) is 0.703. The summed E-state index contributed by atoms with van der Waals surface area (Å²) in [5.41, 5.74) is 1.81. The monoisotopic (exact) mass is 341 g/mol. The summed E-state index contributed by atoms with van der Waals surface area (Å²) in [5, 5.41) is 7.84. The van der Waals surface area contributed by atoms with Gasteiger partial charge in [-0.25, -0.2) is 0 Å². The maximum Gasteiger partial charge on any atom is 0.259 e. The highest BCUT2D eigenvalue weighted by Gasteiger charge is 2.26. The molecule has 25 heavy (non-hydrogen) atoms. The van der Waals surface area contributed by atoms with Gasteiger partial charge in [-0.05, 0) is 19.1 Å². The molecule has 0 spiro atoms. The van der Waals surface area contributed by atoms with Crippen LogP contribution in [0.4, 0.5) is 0 Å². The SMILES string of the molecule is Cc1noc(C(C)C)c1C(=O)N(C)Cc1nc(-c2cccnc2)no1. The highest BCUT2D eigenvalue weighted by atomic mass is 16.5. The van der Waals surface area contributed by atoms with Crippen LogP contribution in [0.2, 0.25) is 0 Å². The number of aromatic nitrogens is 4. The first-order chi connectivity index (χ1) is 12.0. The average Bonchev–Trinajstić information content (AvgIpc) is 3.21. The highest BCUT2D eigenvalue weighted by Crippen LogP contribution is 2.24. The van der Waals surface area contributed by atoms with Crippen molar-refractivity contribution >= 4 is 5.91 Å². The molecule has 0 N–H and O–H groups in total. The molecule has 0 aliphatic rings. The third-order valence-corrected chi connectivity index (χ3v) is 3.73. The van der Waals surface area contributed by atoms with Gasteiger partial charge in [0.1, 0.15) is 12.1 Å². The molecule has 130 valence electrons. The first-order valence-electron chi connectivity index (χ1n) is 7.92. The van der Waals surface area contributed by atoms with Crippen LogP contribution >= 0.6 is 0 Å². The third kappa shape index (κ3) is 3.42. The second-order valence-corrected chi connectivity index (χ2v) is 6.08. The molecule has 0 aliphatic carbocycles. The summed E-state index contributed by atoms with van der Waals surface area (Å²) < 4.78 is 10.5. The summed E-state index contributed by atoms with van der Waals surface area (Å²) in [7, 11) is 1.67. The van der Waals surface area contributed by atoms with Crippen LogP contribution in [0.3, 0.4) is 0 Å². The van der Waals surface area contributed by atoms with Crippen molar-refractivity contribution in [2.75, 3.05) is 7.05 Å². The second kappa shape index (κ2) is 6.84. The van der Waals surface area contributed by atoms with Gasteiger partial charge >= 0.3 is 0 Å². The first-order valence-corrected chi connectivity index (χ1v) is 7.92. The van der Waals surface area contributed by atoms with Gasteiger partial charge in [-0.3, -0.25) is 9.78 Å². The van der Waals surface area contributed by atoms with E-state index in [0.29, 0.717) is 28.7 Å². The van der Waals surface area contributed by atoms with E-state index < -0.39 is 0 Å². The fraction of sp³-hybridized carbons (Fsp3) is 0.353. The molecule has 1 amide bonds. The molecule has 0 fully saturated rings. The summed E-state index contributed by atoms with van der Waals surface area (Å²) in [6.45, 7) is 5.85. The summed E-state index contributed by atoms with van der Waals surface area (Å²) >= 11 is 0. The van der Waals surface area contributed by atoms with E-state index in [2.05, 4.69) is 20.3 Å². The van der Waals surface area contributed by atoms with E-state index in [1.54, 1.807) is 32.4 Å². The zero-order valence-electron chi connectivity index (χ0n) is 14.6. The predicted octanol–water partition coefficient (Wildman–Crippen LogP) is 2.82. The lowest BCUT2D eigenvalue weighted by Crippen LogP contribution is -2.27. The van der Waals surface area contributed by atoms with Crippen LogP contribution in [0.5, 0.6) is 0 Å². The normalized spacial score (nSPS) is 11.1. The van der Waals surface area contributed by atoms with Crippen molar-refractivity contribution in [3.63, 3.8) is 0 Å². The van der Waals surface area contributed by atoms with E-state index in [1.807, 2.05) is 19.9 Å². The molecule has 0 bridgehead atoms. The number of rotatable bonds is 5. The lowest BCUT2D eigenvalue weighted by molar-refractivity contribution is 0.0766. The zero-order valence-corrected chi connectivity index (χ0v) is 14.6. The summed E-state index contributed by atoms with van der Waals surface area (Å²) in [6, 6.07) is 3.63. The second-order valence-electron chi connectivity index (χ2n) is 6.08. The van der Waals surface area contributed by atoms with Gasteiger partial charge in [-0.2, -0.15) is 4.98 Å². The van der Waals surface area contributed by atoms with Crippen LogP contribution in [0.15, 0.2) is 33.6 Å². The van der Waals surface area contributed by atoms with E-state index in [9.17, 15) is 4.79 Å². The minimum absolute atomic E-state index is 0.0640. The van der Waals surface area contributed by atoms with E-state index in [1.165, 1.54) is 4.90 Å². The molecule has 3 aromatic rings. The lowest BCUT2D eigenvalue weighted by atomic mass is 10.0. The fourth-order valence-corrected chi connectivity index (χ4v) is 2.44. The lowest BCUT2D eigenvalue weighted by Gasteiger charge is -2.15. The van der Waals surface area contributed by atoms with Gasteiger partial charge in [0.25, 0.3) is 5.91 Å². The van der Waals surface area contributed by atoms with E-state index in [0.717, 1.165) is 5.56 Å². The molecule has 0 aliphatic heterocycles. The van der Waals surface area contributed by atoms with Gasteiger partial charge in [-0.1, -0.05) is 24.2 Å². The van der Waals surface area contributed by atoms with Gasteiger partial charge in [0, 0.05) is 30.9 Å². The standard InChI is InChI=1S/C17H19N5O3/c1-10(2)15-14(11(3)20-25-15)17(23)22(4)9-13-19-16(21-24-13)12-6-5-7-18-8-12/h5-8,10H,9H2,1-4H3. The van der Waals surface area contributed by atoms with Crippen molar-refractivity contribution in [1.82, 2.24) is 25.2 Å². The Morgan fingerprint density at radius 1 is 1.28 bits per heavy atom. The Hall–Kier alpha value is -3.03. The van der Waals surface area contributed by atoms with Crippen molar-refractivity contribution in [3.05, 3.63) is 47.4 Å². The fourth-order valence-electron chi connectivity index (χ4n) is 2.44. The van der Waals surface area contributed by atoms with Crippen molar-refractivity contribution in [1.29, 1.82) is 0 Å². The number of hydrogen-bond acceptors (Lipinski definition) is 7. The van der Waals surface area contributed by atoms with Crippen molar-refractivity contribution in [3.8, 4) is 11.4 Å². The Morgan fingerprint density at radius 2 is 2.08 bits per heavy atom. The Morgan fingerprint density at radius 3 is 2.76 bits per heavy atom. The van der Waals surface area contributed by atoms with Crippen LogP contribution in [0, 0.1) is 6.92 Å². The van der Waals surface area contributed by atoms with E-state index >= 15 is 0 Å². The van der Waals surface area contributed by atoms with Crippen molar-refractivity contribution in [2.45, 2.75) is 33.2 Å². The summed E-state index contributed by atoms with van der Waals surface area (Å²) in [5.74, 6) is 1.23. The smallest absolute Gasteiger partial charge is 0.259 e. The molecular weight excluding hydrogens is 322 g/mol. The van der Waals surface area contributed by atoms with Gasteiger partial charge in [0.15, 0.2) is 5.76 Å². The summed E-state index contributed by atoms with van der Waals surface area (Å²) in [4.78, 5) is 22.6. The van der Waals surface area contributed by atoms with Gasteiger partial charge in [-0.15, -0.1) is 0 Å². The van der Waals surface area contributed by atoms with E-state index in [-0.39, 0.29) is 18.4 Å². The molecule has 3 aromatic heterocycles. The molecule has 8 nitrogen and oxygen atoms in total. The van der Waals surface area contributed by atoms with Crippen molar-refractivity contribution < 1.29 is 13.8 Å². The van der Waals surface area contributed by atoms with Crippen LogP contribution in [-0.4, -0.2) is 38.1 Å². The number of carbonyl (C=O) groups is 1. The molecule has 0 aromatic carbocycles. The largest absolute Gasteiger partial charge is 0.360 e. The average molecular weight is 341 g/mol. The third-order valence-electron chi connectivity index (χ3n) is 3.73. The number of aryl methyl sites for hydroxylation is 1. The Bertz CT molecular complexity index is 870. The van der Waals surface area contributed by atoms with Gasteiger partial charge in [0.2, 0.25) is 11.7 Å². The topological polar surface area (TPSA) is 98.2 Å². The Balaban J connectivity index is 1.77. The Kier molecular flexibility index (Phi) is 4.60. The maximum absolute atomic E-state index is 12.8. The molecule has 3 heterocycles. The molecule has 0 radical (unpaired) electrons. The molecule has 0 saturated heterocycles. The van der Waals surface area contributed by atoms with Gasteiger partial charge < -0.3 is 13.9 Å².